The van der Waals surface area contributed by atoms with Gasteiger partial charge in [-0.3, -0.25) is 4.79 Å². The first-order valence-corrected chi connectivity index (χ1v) is 9.39. The molecule has 0 bridgehead atoms. The van der Waals surface area contributed by atoms with Gasteiger partial charge >= 0.3 is 0 Å². The summed E-state index contributed by atoms with van der Waals surface area (Å²) in [6.45, 7) is 7.25. The second kappa shape index (κ2) is 6.41. The third-order valence-electron chi connectivity index (χ3n) is 5.36. The highest BCUT2D eigenvalue weighted by atomic mass is 16.5. The van der Waals surface area contributed by atoms with Crippen LogP contribution in [-0.2, 0) is 0 Å². The highest BCUT2D eigenvalue weighted by Gasteiger charge is 2.31. The number of aromatic nitrogens is 2. The van der Waals surface area contributed by atoms with E-state index in [2.05, 4.69) is 41.5 Å². The second-order valence-corrected chi connectivity index (χ2v) is 7.74. The van der Waals surface area contributed by atoms with Gasteiger partial charge in [-0.05, 0) is 51.1 Å². The van der Waals surface area contributed by atoms with Crippen LogP contribution < -0.4 is 10.6 Å². The topological polar surface area (TPSA) is 80.0 Å². The molecule has 2 N–H and O–H groups in total. The zero-order chi connectivity index (χ0) is 17.6. The van der Waals surface area contributed by atoms with Crippen LogP contribution in [0, 0.1) is 0 Å². The van der Waals surface area contributed by atoms with Crippen molar-refractivity contribution < 1.29 is 9.32 Å². The molecule has 1 aliphatic heterocycles. The summed E-state index contributed by atoms with van der Waals surface area (Å²) in [6, 6.07) is 2.39. The molecular weight excluding hydrogens is 316 g/mol. The van der Waals surface area contributed by atoms with Crippen LogP contribution in [0.25, 0.3) is 11.1 Å². The maximum absolute atomic E-state index is 13.1. The molecule has 6 heteroatoms. The highest BCUT2D eigenvalue weighted by molar-refractivity contribution is 6.06. The molecule has 25 heavy (non-hydrogen) atoms. The molecular formula is C19H26N4O2. The quantitative estimate of drug-likeness (QED) is 0.892. The number of nitrogens with zero attached hydrogens (tertiary/aromatic N) is 2. The van der Waals surface area contributed by atoms with E-state index in [1.807, 2.05) is 6.07 Å². The summed E-state index contributed by atoms with van der Waals surface area (Å²) in [6.07, 6.45) is 4.35. The number of fused-ring (bicyclic) bond motifs is 1. The van der Waals surface area contributed by atoms with E-state index < -0.39 is 0 Å². The number of rotatable bonds is 4. The molecule has 134 valence electrons. The molecule has 2 aliphatic rings. The predicted molar refractivity (Wildman–Crippen MR) is 95.8 cm³/mol. The molecule has 2 atom stereocenters. The summed E-state index contributed by atoms with van der Waals surface area (Å²) in [5, 5.41) is 11.6. The van der Waals surface area contributed by atoms with Crippen molar-refractivity contribution in [2.24, 2.45) is 0 Å². The SMILES string of the molecule is CC(C)c1noc2nc(C3CC3)cc(C(=O)NC3CCCNC3C)c12. The molecule has 2 aromatic rings. The Balaban J connectivity index is 1.72. The van der Waals surface area contributed by atoms with Crippen LogP contribution in [0.3, 0.4) is 0 Å². The van der Waals surface area contributed by atoms with Crippen LogP contribution in [-0.4, -0.2) is 34.7 Å². The summed E-state index contributed by atoms with van der Waals surface area (Å²) < 4.78 is 5.48. The van der Waals surface area contributed by atoms with E-state index in [1.54, 1.807) is 0 Å². The Labute approximate surface area is 147 Å². The lowest BCUT2D eigenvalue weighted by Crippen LogP contribution is -2.51. The lowest BCUT2D eigenvalue weighted by Gasteiger charge is -2.30. The van der Waals surface area contributed by atoms with Crippen molar-refractivity contribution in [2.45, 2.75) is 70.4 Å². The zero-order valence-corrected chi connectivity index (χ0v) is 15.1. The average Bonchev–Trinajstić information content (AvgIpc) is 3.35. The Hall–Kier alpha value is -1.95. The zero-order valence-electron chi connectivity index (χ0n) is 15.1. The standard InChI is InChI=1S/C19H26N4O2/c1-10(2)17-16-13(18(24)21-14-5-4-8-20-11(14)3)9-15(12-6-7-12)22-19(16)25-23-17/h9-12,14,20H,4-8H2,1-3H3,(H,21,24). The summed E-state index contributed by atoms with van der Waals surface area (Å²) >= 11 is 0. The Morgan fingerprint density at radius 1 is 1.36 bits per heavy atom. The number of piperidine rings is 1. The van der Waals surface area contributed by atoms with E-state index in [0.717, 1.165) is 49.0 Å². The van der Waals surface area contributed by atoms with Gasteiger partial charge in [-0.15, -0.1) is 0 Å². The Bertz CT molecular complexity index is 794. The van der Waals surface area contributed by atoms with Gasteiger partial charge in [-0.25, -0.2) is 4.98 Å². The van der Waals surface area contributed by atoms with E-state index in [0.29, 0.717) is 17.2 Å². The maximum Gasteiger partial charge on any atom is 0.259 e. The van der Waals surface area contributed by atoms with Gasteiger partial charge in [0.15, 0.2) is 0 Å². The molecule has 0 spiro atoms. The maximum atomic E-state index is 13.1. The summed E-state index contributed by atoms with van der Waals surface area (Å²) in [5.41, 5.74) is 2.92. The van der Waals surface area contributed by atoms with Crippen molar-refractivity contribution in [3.8, 4) is 0 Å². The van der Waals surface area contributed by atoms with Crippen LogP contribution in [0.15, 0.2) is 10.6 Å². The normalized spacial score (nSPS) is 24.0. The van der Waals surface area contributed by atoms with Crippen LogP contribution in [0.4, 0.5) is 0 Å². The fourth-order valence-electron chi connectivity index (χ4n) is 3.64. The van der Waals surface area contributed by atoms with E-state index in [4.69, 9.17) is 4.52 Å². The lowest BCUT2D eigenvalue weighted by atomic mass is 9.98. The molecule has 4 rings (SSSR count). The Morgan fingerprint density at radius 3 is 2.84 bits per heavy atom. The molecule has 0 radical (unpaired) electrons. The lowest BCUT2D eigenvalue weighted by molar-refractivity contribution is 0.0921. The summed E-state index contributed by atoms with van der Waals surface area (Å²) in [4.78, 5) is 17.7. The van der Waals surface area contributed by atoms with E-state index in [9.17, 15) is 4.79 Å². The fourth-order valence-corrected chi connectivity index (χ4v) is 3.64. The molecule has 2 unspecified atom stereocenters. The van der Waals surface area contributed by atoms with Gasteiger partial charge in [0.05, 0.1) is 16.6 Å². The van der Waals surface area contributed by atoms with E-state index in [-0.39, 0.29) is 23.9 Å². The second-order valence-electron chi connectivity index (χ2n) is 7.74. The summed E-state index contributed by atoms with van der Waals surface area (Å²) in [5.74, 6) is 0.593. The van der Waals surface area contributed by atoms with E-state index in [1.165, 1.54) is 0 Å². The van der Waals surface area contributed by atoms with Crippen LogP contribution in [0.2, 0.25) is 0 Å². The van der Waals surface area contributed by atoms with Crippen molar-refractivity contribution in [3.05, 3.63) is 23.0 Å². The molecule has 2 fully saturated rings. The van der Waals surface area contributed by atoms with Crippen molar-refractivity contribution in [2.75, 3.05) is 6.54 Å². The van der Waals surface area contributed by atoms with Crippen LogP contribution in [0.5, 0.6) is 0 Å². The molecule has 3 heterocycles. The van der Waals surface area contributed by atoms with Gasteiger partial charge in [0.1, 0.15) is 0 Å². The first-order chi connectivity index (χ1) is 12.0. The van der Waals surface area contributed by atoms with Gasteiger partial charge in [-0.1, -0.05) is 19.0 Å². The number of carbonyl (C=O) groups is 1. The Kier molecular flexibility index (Phi) is 4.23. The smallest absolute Gasteiger partial charge is 0.259 e. The first-order valence-electron chi connectivity index (χ1n) is 9.39. The van der Waals surface area contributed by atoms with Crippen molar-refractivity contribution in [3.63, 3.8) is 0 Å². The van der Waals surface area contributed by atoms with Gasteiger partial charge in [0.2, 0.25) is 0 Å². The highest BCUT2D eigenvalue weighted by Crippen LogP contribution is 2.41. The third-order valence-corrected chi connectivity index (χ3v) is 5.36. The largest absolute Gasteiger partial charge is 0.348 e. The number of carbonyl (C=O) groups excluding carboxylic acids is 1. The summed E-state index contributed by atoms with van der Waals surface area (Å²) in [7, 11) is 0. The number of pyridine rings is 1. The minimum absolute atomic E-state index is 0.0417. The average molecular weight is 342 g/mol. The third kappa shape index (κ3) is 3.15. The molecule has 6 nitrogen and oxygen atoms in total. The van der Waals surface area contributed by atoms with Gasteiger partial charge < -0.3 is 15.2 Å². The molecule has 1 amide bonds. The Morgan fingerprint density at radius 2 is 2.16 bits per heavy atom. The first kappa shape index (κ1) is 16.5. The van der Waals surface area contributed by atoms with E-state index >= 15 is 0 Å². The number of hydrogen-bond acceptors (Lipinski definition) is 5. The monoisotopic (exact) mass is 342 g/mol. The number of hydrogen-bond donors (Lipinski definition) is 2. The van der Waals surface area contributed by atoms with Crippen molar-refractivity contribution in [1.82, 2.24) is 20.8 Å². The fraction of sp³-hybridized carbons (Fsp3) is 0.632. The van der Waals surface area contributed by atoms with Gasteiger partial charge in [-0.2, -0.15) is 0 Å². The molecule has 2 aromatic heterocycles. The molecule has 1 aliphatic carbocycles. The van der Waals surface area contributed by atoms with Gasteiger partial charge in [0, 0.05) is 23.7 Å². The van der Waals surface area contributed by atoms with Crippen molar-refractivity contribution >= 4 is 17.0 Å². The molecule has 0 aromatic carbocycles. The van der Waals surface area contributed by atoms with Crippen molar-refractivity contribution in [1.29, 1.82) is 0 Å². The molecule has 1 saturated heterocycles. The predicted octanol–water partition coefficient (Wildman–Crippen LogP) is 3.09. The minimum Gasteiger partial charge on any atom is -0.348 e. The molecule has 1 saturated carbocycles. The van der Waals surface area contributed by atoms with Crippen LogP contribution >= 0.6 is 0 Å². The van der Waals surface area contributed by atoms with Gasteiger partial charge in [0.25, 0.3) is 11.6 Å². The number of nitrogens with one attached hydrogen (secondary N) is 2. The number of amides is 1. The minimum atomic E-state index is -0.0417. The van der Waals surface area contributed by atoms with Crippen LogP contribution in [0.1, 0.15) is 80.0 Å².